The summed E-state index contributed by atoms with van der Waals surface area (Å²) in [5.41, 5.74) is 0. The summed E-state index contributed by atoms with van der Waals surface area (Å²) in [6.45, 7) is 2.32. The van der Waals surface area contributed by atoms with Crippen LogP contribution in [0.3, 0.4) is 0 Å². The third-order valence-electron chi connectivity index (χ3n) is 2.02. The van der Waals surface area contributed by atoms with Gasteiger partial charge in [0.15, 0.2) is 6.29 Å². The zero-order chi connectivity index (χ0) is 10.6. The van der Waals surface area contributed by atoms with Crippen molar-refractivity contribution in [3.63, 3.8) is 0 Å². The summed E-state index contributed by atoms with van der Waals surface area (Å²) >= 11 is 0. The molecule has 1 aliphatic heterocycles. The lowest BCUT2D eigenvalue weighted by Crippen LogP contribution is -2.28. The molecule has 0 aromatic rings. The third-order valence-corrected chi connectivity index (χ3v) is 3.01. The maximum absolute atomic E-state index is 10.7. The predicted molar refractivity (Wildman–Crippen MR) is 51.0 cm³/mol. The Balaban J connectivity index is 2.25. The van der Waals surface area contributed by atoms with Crippen LogP contribution in [-0.2, 0) is 14.0 Å². The van der Waals surface area contributed by atoms with Gasteiger partial charge in [-0.3, -0.25) is 4.57 Å². The van der Waals surface area contributed by atoms with E-state index in [0.29, 0.717) is 6.61 Å². The Morgan fingerprint density at radius 1 is 1.57 bits per heavy atom. The van der Waals surface area contributed by atoms with Gasteiger partial charge in [0.05, 0.1) is 12.3 Å². The molecule has 0 aromatic heterocycles. The van der Waals surface area contributed by atoms with Gasteiger partial charge in [-0.1, -0.05) is 0 Å². The lowest BCUT2D eigenvalue weighted by atomic mass is 10.2. The standard InChI is InChI=1S/C8H17O5P/c1-7(6-14(9,10)11)13-8-4-2-3-5-12-8/h7-8H,2-6H2,1H3,(H2,9,10,11). The SMILES string of the molecule is CC(CP(=O)(O)O)OC1CCCCO1. The maximum atomic E-state index is 10.7. The van der Waals surface area contributed by atoms with Crippen molar-refractivity contribution in [1.29, 1.82) is 0 Å². The minimum absolute atomic E-state index is 0.243. The molecule has 1 rings (SSSR count). The molecule has 84 valence electrons. The van der Waals surface area contributed by atoms with Crippen LogP contribution in [0.5, 0.6) is 0 Å². The normalized spacial score (nSPS) is 26.1. The van der Waals surface area contributed by atoms with Gasteiger partial charge in [-0.25, -0.2) is 0 Å². The molecule has 1 fully saturated rings. The van der Waals surface area contributed by atoms with Gasteiger partial charge in [0, 0.05) is 6.61 Å². The molecule has 0 radical (unpaired) electrons. The fraction of sp³-hybridized carbons (Fsp3) is 1.00. The first-order valence-corrected chi connectivity index (χ1v) is 6.59. The van der Waals surface area contributed by atoms with Crippen LogP contribution >= 0.6 is 7.60 Å². The molecule has 0 amide bonds. The van der Waals surface area contributed by atoms with Crippen molar-refractivity contribution in [2.75, 3.05) is 12.8 Å². The summed E-state index contributed by atoms with van der Waals surface area (Å²) < 4.78 is 21.3. The first-order valence-electron chi connectivity index (χ1n) is 4.79. The summed E-state index contributed by atoms with van der Waals surface area (Å²) in [6, 6.07) is 0. The van der Waals surface area contributed by atoms with Gasteiger partial charge in [0.2, 0.25) is 0 Å². The third kappa shape index (κ3) is 5.08. The molecule has 0 aromatic carbocycles. The average Bonchev–Trinajstić information content (AvgIpc) is 2.02. The highest BCUT2D eigenvalue weighted by atomic mass is 31.2. The summed E-state index contributed by atoms with van der Waals surface area (Å²) in [7, 11) is -3.97. The van der Waals surface area contributed by atoms with Crippen molar-refractivity contribution in [2.45, 2.75) is 38.6 Å². The molecule has 0 bridgehead atoms. The molecular weight excluding hydrogens is 207 g/mol. The van der Waals surface area contributed by atoms with Gasteiger partial charge in [-0.15, -0.1) is 0 Å². The molecule has 0 aliphatic carbocycles. The molecule has 1 aliphatic rings. The van der Waals surface area contributed by atoms with E-state index < -0.39 is 13.7 Å². The van der Waals surface area contributed by atoms with Gasteiger partial charge in [0.1, 0.15) is 0 Å². The topological polar surface area (TPSA) is 76.0 Å². The zero-order valence-electron chi connectivity index (χ0n) is 8.26. The summed E-state index contributed by atoms with van der Waals surface area (Å²) in [4.78, 5) is 17.4. The van der Waals surface area contributed by atoms with E-state index in [0.717, 1.165) is 19.3 Å². The summed E-state index contributed by atoms with van der Waals surface area (Å²) in [5.74, 6) is 0. The van der Waals surface area contributed by atoms with E-state index in [-0.39, 0.29) is 12.5 Å². The Bertz CT molecular complexity index is 208. The van der Waals surface area contributed by atoms with Crippen molar-refractivity contribution < 1.29 is 23.8 Å². The van der Waals surface area contributed by atoms with Crippen LogP contribution in [0, 0.1) is 0 Å². The van der Waals surface area contributed by atoms with E-state index in [4.69, 9.17) is 19.3 Å². The monoisotopic (exact) mass is 224 g/mol. The molecule has 1 saturated heterocycles. The highest BCUT2D eigenvalue weighted by molar-refractivity contribution is 7.51. The maximum Gasteiger partial charge on any atom is 0.328 e. The Morgan fingerprint density at radius 3 is 2.79 bits per heavy atom. The molecular formula is C8H17O5P. The van der Waals surface area contributed by atoms with Crippen LogP contribution in [-0.4, -0.2) is 34.9 Å². The van der Waals surface area contributed by atoms with Crippen LogP contribution in [0.15, 0.2) is 0 Å². The Kier molecular flexibility index (Phi) is 4.54. The molecule has 0 spiro atoms. The number of hydrogen-bond donors (Lipinski definition) is 2. The van der Waals surface area contributed by atoms with Crippen LogP contribution in [0.1, 0.15) is 26.2 Å². The molecule has 2 N–H and O–H groups in total. The minimum atomic E-state index is -3.97. The van der Waals surface area contributed by atoms with Gasteiger partial charge >= 0.3 is 7.60 Å². The van der Waals surface area contributed by atoms with Gasteiger partial charge in [-0.2, -0.15) is 0 Å². The summed E-state index contributed by atoms with van der Waals surface area (Å²) in [6.07, 6.45) is 1.91. The highest BCUT2D eigenvalue weighted by Gasteiger charge is 2.23. The fourth-order valence-corrected chi connectivity index (χ4v) is 2.21. The Hall–Kier alpha value is 0.0700. The van der Waals surface area contributed by atoms with E-state index in [1.807, 2.05) is 0 Å². The zero-order valence-corrected chi connectivity index (χ0v) is 9.15. The van der Waals surface area contributed by atoms with Gasteiger partial charge in [-0.05, 0) is 26.2 Å². The van der Waals surface area contributed by atoms with E-state index in [1.54, 1.807) is 6.92 Å². The smallest absolute Gasteiger partial charge is 0.328 e. The first-order chi connectivity index (χ1) is 6.47. The second kappa shape index (κ2) is 5.24. The van der Waals surface area contributed by atoms with Crippen LogP contribution < -0.4 is 0 Å². The Morgan fingerprint density at radius 2 is 2.29 bits per heavy atom. The van der Waals surface area contributed by atoms with E-state index >= 15 is 0 Å². The van der Waals surface area contributed by atoms with E-state index in [2.05, 4.69) is 0 Å². The molecule has 2 atom stereocenters. The van der Waals surface area contributed by atoms with Gasteiger partial charge < -0.3 is 19.3 Å². The first kappa shape index (κ1) is 12.1. The van der Waals surface area contributed by atoms with E-state index in [9.17, 15) is 4.57 Å². The van der Waals surface area contributed by atoms with Crippen molar-refractivity contribution in [1.82, 2.24) is 0 Å². The molecule has 1 heterocycles. The average molecular weight is 224 g/mol. The predicted octanol–water partition coefficient (Wildman–Crippen LogP) is 1.10. The van der Waals surface area contributed by atoms with Crippen LogP contribution in [0.25, 0.3) is 0 Å². The fourth-order valence-electron chi connectivity index (χ4n) is 1.46. The number of ether oxygens (including phenoxy) is 2. The quantitative estimate of drug-likeness (QED) is 0.699. The highest BCUT2D eigenvalue weighted by Crippen LogP contribution is 2.36. The molecule has 14 heavy (non-hydrogen) atoms. The van der Waals surface area contributed by atoms with E-state index in [1.165, 1.54) is 0 Å². The van der Waals surface area contributed by atoms with Crippen molar-refractivity contribution in [3.8, 4) is 0 Å². The van der Waals surface area contributed by atoms with Crippen molar-refractivity contribution in [3.05, 3.63) is 0 Å². The second-order valence-electron chi connectivity index (χ2n) is 3.59. The molecule has 2 unspecified atom stereocenters. The lowest BCUT2D eigenvalue weighted by molar-refractivity contribution is -0.180. The minimum Gasteiger partial charge on any atom is -0.353 e. The van der Waals surface area contributed by atoms with Crippen LogP contribution in [0.4, 0.5) is 0 Å². The molecule has 0 saturated carbocycles. The number of hydrogen-bond acceptors (Lipinski definition) is 3. The van der Waals surface area contributed by atoms with Crippen molar-refractivity contribution >= 4 is 7.60 Å². The molecule has 5 nitrogen and oxygen atoms in total. The van der Waals surface area contributed by atoms with Gasteiger partial charge in [0.25, 0.3) is 0 Å². The Labute approximate surface area is 83.6 Å². The second-order valence-corrected chi connectivity index (χ2v) is 5.28. The van der Waals surface area contributed by atoms with Crippen LogP contribution in [0.2, 0.25) is 0 Å². The molecule has 6 heteroatoms. The largest absolute Gasteiger partial charge is 0.353 e. The van der Waals surface area contributed by atoms with Crippen molar-refractivity contribution in [2.24, 2.45) is 0 Å². The summed E-state index contributed by atoms with van der Waals surface area (Å²) in [5, 5.41) is 0. The number of rotatable bonds is 4. The lowest BCUT2D eigenvalue weighted by Gasteiger charge is -2.26.